The Morgan fingerprint density at radius 2 is 1.96 bits per heavy atom. The Hall–Kier alpha value is -2.86. The molecule has 0 radical (unpaired) electrons. The van der Waals surface area contributed by atoms with Crippen LogP contribution in [0.25, 0.3) is 0 Å². The molecule has 0 spiro atoms. The van der Waals surface area contributed by atoms with Gasteiger partial charge in [-0.05, 0) is 43.8 Å². The SMILES string of the molecule is COc1ccccc1CN(CCCn1ccnc1)C(=S)Nc1ccc(C)cc1. The highest BCUT2D eigenvalue weighted by Crippen LogP contribution is 2.20. The van der Waals surface area contributed by atoms with Gasteiger partial charge in [0.1, 0.15) is 5.75 Å². The third-order valence-electron chi connectivity index (χ3n) is 4.55. The fourth-order valence-electron chi connectivity index (χ4n) is 2.99. The fourth-order valence-corrected chi connectivity index (χ4v) is 3.27. The van der Waals surface area contributed by atoms with Crippen molar-refractivity contribution in [3.63, 3.8) is 0 Å². The van der Waals surface area contributed by atoms with Crippen LogP contribution in [0.15, 0.2) is 67.3 Å². The van der Waals surface area contributed by atoms with E-state index in [1.165, 1.54) is 5.56 Å². The van der Waals surface area contributed by atoms with Gasteiger partial charge in [0.15, 0.2) is 5.11 Å². The van der Waals surface area contributed by atoms with Crippen molar-refractivity contribution in [2.45, 2.75) is 26.4 Å². The second kappa shape index (κ2) is 9.90. The van der Waals surface area contributed by atoms with Crippen LogP contribution in [-0.4, -0.2) is 33.2 Å². The summed E-state index contributed by atoms with van der Waals surface area (Å²) >= 11 is 5.74. The number of anilines is 1. The van der Waals surface area contributed by atoms with Crippen molar-refractivity contribution < 1.29 is 4.74 Å². The van der Waals surface area contributed by atoms with E-state index < -0.39 is 0 Å². The Bertz CT molecular complexity index is 878. The van der Waals surface area contributed by atoms with Crippen LogP contribution in [0.5, 0.6) is 5.75 Å². The van der Waals surface area contributed by atoms with Crippen LogP contribution in [0, 0.1) is 6.92 Å². The quantitative estimate of drug-likeness (QED) is 0.570. The zero-order chi connectivity index (χ0) is 19.8. The standard InChI is InChI=1S/C22H26N4OS/c1-18-8-10-20(11-9-18)24-22(28)26(14-5-13-25-15-12-23-17-25)16-19-6-3-4-7-21(19)27-2/h3-4,6-12,15,17H,5,13-14,16H2,1-2H3,(H,24,28). The van der Waals surface area contributed by atoms with Crippen LogP contribution in [0.1, 0.15) is 17.5 Å². The minimum atomic E-state index is 0.686. The molecule has 0 amide bonds. The minimum absolute atomic E-state index is 0.686. The van der Waals surface area contributed by atoms with Crippen molar-refractivity contribution in [1.82, 2.24) is 14.5 Å². The van der Waals surface area contributed by atoms with E-state index in [0.29, 0.717) is 11.7 Å². The van der Waals surface area contributed by atoms with E-state index in [1.54, 1.807) is 13.3 Å². The van der Waals surface area contributed by atoms with Gasteiger partial charge in [0.2, 0.25) is 0 Å². The molecule has 0 aliphatic heterocycles. The number of methoxy groups -OCH3 is 1. The lowest BCUT2D eigenvalue weighted by Crippen LogP contribution is -2.35. The van der Waals surface area contributed by atoms with Gasteiger partial charge in [-0.25, -0.2) is 4.98 Å². The number of para-hydroxylation sites is 1. The molecular weight excluding hydrogens is 368 g/mol. The summed E-state index contributed by atoms with van der Waals surface area (Å²) in [6.07, 6.45) is 6.58. The van der Waals surface area contributed by atoms with E-state index in [0.717, 1.165) is 36.5 Å². The highest BCUT2D eigenvalue weighted by atomic mass is 32.1. The smallest absolute Gasteiger partial charge is 0.173 e. The zero-order valence-corrected chi connectivity index (χ0v) is 17.2. The predicted octanol–water partition coefficient (Wildman–Crippen LogP) is 4.49. The lowest BCUT2D eigenvalue weighted by molar-refractivity contribution is 0.372. The maximum atomic E-state index is 5.74. The van der Waals surface area contributed by atoms with Gasteiger partial charge < -0.3 is 19.5 Å². The number of hydrogen-bond acceptors (Lipinski definition) is 3. The van der Waals surface area contributed by atoms with Gasteiger partial charge in [-0.2, -0.15) is 0 Å². The van der Waals surface area contributed by atoms with Gasteiger partial charge in [-0.15, -0.1) is 0 Å². The molecule has 0 unspecified atom stereocenters. The predicted molar refractivity (Wildman–Crippen MR) is 118 cm³/mol. The van der Waals surface area contributed by atoms with Crippen LogP contribution < -0.4 is 10.1 Å². The number of nitrogens with one attached hydrogen (secondary N) is 1. The minimum Gasteiger partial charge on any atom is -0.496 e. The number of benzene rings is 2. The van der Waals surface area contributed by atoms with Crippen molar-refractivity contribution in [2.24, 2.45) is 0 Å². The number of ether oxygens (including phenoxy) is 1. The van der Waals surface area contributed by atoms with Crippen LogP contribution in [-0.2, 0) is 13.1 Å². The molecule has 0 bridgehead atoms. The van der Waals surface area contributed by atoms with Gasteiger partial charge in [0.25, 0.3) is 0 Å². The molecule has 146 valence electrons. The summed E-state index contributed by atoms with van der Waals surface area (Å²) in [5.74, 6) is 0.875. The lowest BCUT2D eigenvalue weighted by atomic mass is 10.2. The molecule has 0 atom stereocenters. The number of imidazole rings is 1. The van der Waals surface area contributed by atoms with Gasteiger partial charge in [-0.3, -0.25) is 0 Å². The highest BCUT2D eigenvalue weighted by molar-refractivity contribution is 7.80. The molecule has 28 heavy (non-hydrogen) atoms. The molecule has 1 N–H and O–H groups in total. The largest absolute Gasteiger partial charge is 0.496 e. The summed E-state index contributed by atoms with van der Waals surface area (Å²) < 4.78 is 7.60. The average molecular weight is 395 g/mol. The molecule has 1 aromatic heterocycles. The maximum Gasteiger partial charge on any atom is 0.173 e. The van der Waals surface area contributed by atoms with Crippen molar-refractivity contribution in [2.75, 3.05) is 19.0 Å². The molecule has 5 nitrogen and oxygen atoms in total. The molecular formula is C22H26N4OS. The van der Waals surface area contributed by atoms with E-state index in [4.69, 9.17) is 17.0 Å². The summed E-state index contributed by atoms with van der Waals surface area (Å²) in [5.41, 5.74) is 3.33. The van der Waals surface area contributed by atoms with Crippen LogP contribution in [0.4, 0.5) is 5.69 Å². The molecule has 0 fully saturated rings. The van der Waals surface area contributed by atoms with Crippen molar-refractivity contribution in [3.05, 3.63) is 78.4 Å². The Morgan fingerprint density at radius 3 is 2.68 bits per heavy atom. The van der Waals surface area contributed by atoms with Crippen LogP contribution >= 0.6 is 12.2 Å². The van der Waals surface area contributed by atoms with Crippen molar-refractivity contribution in [1.29, 1.82) is 0 Å². The molecule has 0 aliphatic rings. The highest BCUT2D eigenvalue weighted by Gasteiger charge is 2.13. The number of hydrogen-bond donors (Lipinski definition) is 1. The van der Waals surface area contributed by atoms with E-state index in [1.807, 2.05) is 30.7 Å². The molecule has 0 saturated heterocycles. The first-order chi connectivity index (χ1) is 13.7. The van der Waals surface area contributed by atoms with Gasteiger partial charge in [0.05, 0.1) is 13.4 Å². The zero-order valence-electron chi connectivity index (χ0n) is 16.3. The summed E-state index contributed by atoms with van der Waals surface area (Å²) in [6.45, 7) is 4.49. The Labute approximate surface area is 172 Å². The number of nitrogens with zero attached hydrogens (tertiary/aromatic N) is 3. The molecule has 1 heterocycles. The van der Waals surface area contributed by atoms with E-state index in [2.05, 4.69) is 57.0 Å². The Morgan fingerprint density at radius 1 is 1.18 bits per heavy atom. The van der Waals surface area contributed by atoms with Gasteiger partial charge >= 0.3 is 0 Å². The van der Waals surface area contributed by atoms with Crippen LogP contribution in [0.3, 0.4) is 0 Å². The first-order valence-corrected chi connectivity index (χ1v) is 9.77. The third-order valence-corrected chi connectivity index (χ3v) is 4.91. The number of aryl methyl sites for hydroxylation is 2. The second-order valence-corrected chi connectivity index (χ2v) is 7.07. The molecule has 0 aliphatic carbocycles. The van der Waals surface area contributed by atoms with E-state index in [-0.39, 0.29) is 0 Å². The summed E-state index contributed by atoms with van der Waals surface area (Å²) in [7, 11) is 1.70. The van der Waals surface area contributed by atoms with Crippen molar-refractivity contribution in [3.8, 4) is 5.75 Å². The average Bonchev–Trinajstić information content (AvgIpc) is 3.23. The first-order valence-electron chi connectivity index (χ1n) is 9.36. The van der Waals surface area contributed by atoms with Crippen molar-refractivity contribution >= 4 is 23.0 Å². The Balaban J connectivity index is 1.70. The summed E-state index contributed by atoms with van der Waals surface area (Å²) in [5, 5.41) is 4.08. The second-order valence-electron chi connectivity index (χ2n) is 6.68. The van der Waals surface area contributed by atoms with Gasteiger partial charge in [0, 0.05) is 43.3 Å². The molecule has 2 aromatic carbocycles. The topological polar surface area (TPSA) is 42.3 Å². The van der Waals surface area contributed by atoms with Crippen LogP contribution in [0.2, 0.25) is 0 Å². The number of rotatable bonds is 8. The molecule has 0 saturated carbocycles. The summed E-state index contributed by atoms with van der Waals surface area (Å²) in [4.78, 5) is 6.29. The maximum absolute atomic E-state index is 5.74. The van der Waals surface area contributed by atoms with E-state index >= 15 is 0 Å². The first kappa shape index (κ1) is 19.9. The monoisotopic (exact) mass is 394 g/mol. The normalized spacial score (nSPS) is 10.5. The van der Waals surface area contributed by atoms with E-state index in [9.17, 15) is 0 Å². The fraction of sp³-hybridized carbons (Fsp3) is 0.273. The number of thiocarbonyl (C=S) groups is 1. The molecule has 6 heteroatoms. The lowest BCUT2D eigenvalue weighted by Gasteiger charge is -2.27. The summed E-state index contributed by atoms with van der Waals surface area (Å²) in [6, 6.07) is 16.3. The molecule has 3 rings (SSSR count). The molecule has 3 aromatic rings. The third kappa shape index (κ3) is 5.57. The number of aromatic nitrogens is 2. The van der Waals surface area contributed by atoms with Gasteiger partial charge in [-0.1, -0.05) is 35.9 Å². The Kier molecular flexibility index (Phi) is 7.03.